The lowest BCUT2D eigenvalue weighted by atomic mass is 10.1. The Morgan fingerprint density at radius 1 is 1.43 bits per heavy atom. The molecule has 2 aromatic rings. The van der Waals surface area contributed by atoms with E-state index in [9.17, 15) is 10.1 Å². The van der Waals surface area contributed by atoms with Crippen LogP contribution in [0.5, 0.6) is 0 Å². The van der Waals surface area contributed by atoms with Crippen molar-refractivity contribution in [2.24, 2.45) is 13.0 Å². The van der Waals surface area contributed by atoms with Gasteiger partial charge in [0.05, 0.1) is 4.92 Å². The Kier molecular flexibility index (Phi) is 4.25. The fraction of sp³-hybridized carbons (Fsp3) is 0.538. The molecule has 0 radical (unpaired) electrons. The summed E-state index contributed by atoms with van der Waals surface area (Å²) in [5.41, 5.74) is 0.360. The second-order valence-electron chi connectivity index (χ2n) is 5.43. The minimum absolute atomic E-state index is 0.0192. The maximum absolute atomic E-state index is 11.1. The molecule has 21 heavy (non-hydrogen) atoms. The van der Waals surface area contributed by atoms with Gasteiger partial charge in [0.15, 0.2) is 5.82 Å². The number of hydrogen-bond donors (Lipinski definition) is 1. The molecule has 2 heterocycles. The monoisotopic (exact) mass is 292 g/mol. The highest BCUT2D eigenvalue weighted by molar-refractivity contribution is 5.65. The average Bonchev–Trinajstić information content (AvgIpc) is 2.93. The Morgan fingerprint density at radius 3 is 2.76 bits per heavy atom. The molecule has 114 valence electrons. The Bertz CT molecular complexity index is 643. The lowest BCUT2D eigenvalue weighted by molar-refractivity contribution is -0.384. The van der Waals surface area contributed by atoms with E-state index in [1.54, 1.807) is 20.0 Å². The summed E-state index contributed by atoms with van der Waals surface area (Å²) < 4.78 is 3.29. The minimum Gasteiger partial charge on any atom is -0.318 e. The van der Waals surface area contributed by atoms with Gasteiger partial charge in [-0.1, -0.05) is 13.8 Å². The highest BCUT2D eigenvalue weighted by Gasteiger charge is 2.24. The standard InChI is InChI=1S/C13H20N6O2/c1-9(2)5-7-18-8-6-11(16-18)14-13-12(19(20)21)10(3)15-17(13)4/h6,8-9H,5,7H2,1-4H3,(H,14,16). The van der Waals surface area contributed by atoms with Crippen LogP contribution in [0.1, 0.15) is 26.0 Å². The summed E-state index contributed by atoms with van der Waals surface area (Å²) >= 11 is 0. The van der Waals surface area contributed by atoms with Crippen molar-refractivity contribution in [3.8, 4) is 0 Å². The van der Waals surface area contributed by atoms with Crippen LogP contribution in [0.25, 0.3) is 0 Å². The molecule has 0 fully saturated rings. The molecule has 2 rings (SSSR count). The van der Waals surface area contributed by atoms with Gasteiger partial charge >= 0.3 is 5.69 Å². The first-order valence-electron chi connectivity index (χ1n) is 6.87. The molecular formula is C13H20N6O2. The van der Waals surface area contributed by atoms with Crippen molar-refractivity contribution in [2.45, 2.75) is 33.7 Å². The van der Waals surface area contributed by atoms with E-state index in [0.717, 1.165) is 13.0 Å². The van der Waals surface area contributed by atoms with Crippen molar-refractivity contribution in [3.05, 3.63) is 28.1 Å². The van der Waals surface area contributed by atoms with Gasteiger partial charge in [-0.25, -0.2) is 4.68 Å². The number of rotatable bonds is 6. The lowest BCUT2D eigenvalue weighted by Crippen LogP contribution is -2.05. The number of nitro groups is 1. The first-order chi connectivity index (χ1) is 9.88. The third-order valence-corrected chi connectivity index (χ3v) is 3.20. The molecule has 0 spiro atoms. The Morgan fingerprint density at radius 2 is 2.14 bits per heavy atom. The molecular weight excluding hydrogens is 272 g/mol. The normalized spacial score (nSPS) is 11.1. The van der Waals surface area contributed by atoms with Crippen molar-refractivity contribution < 1.29 is 4.92 Å². The van der Waals surface area contributed by atoms with Crippen molar-refractivity contribution >= 4 is 17.3 Å². The van der Waals surface area contributed by atoms with Gasteiger partial charge in [-0.15, -0.1) is 0 Å². The zero-order valence-electron chi connectivity index (χ0n) is 12.7. The third-order valence-electron chi connectivity index (χ3n) is 3.20. The zero-order valence-corrected chi connectivity index (χ0v) is 12.7. The van der Waals surface area contributed by atoms with Gasteiger partial charge in [-0.2, -0.15) is 10.2 Å². The molecule has 0 aliphatic carbocycles. The topological polar surface area (TPSA) is 90.8 Å². The number of hydrogen-bond acceptors (Lipinski definition) is 5. The van der Waals surface area contributed by atoms with E-state index in [-0.39, 0.29) is 5.69 Å². The number of nitrogens with one attached hydrogen (secondary N) is 1. The van der Waals surface area contributed by atoms with Crippen LogP contribution in [0.2, 0.25) is 0 Å². The van der Waals surface area contributed by atoms with E-state index in [0.29, 0.717) is 23.2 Å². The van der Waals surface area contributed by atoms with Crippen LogP contribution in [-0.2, 0) is 13.6 Å². The summed E-state index contributed by atoms with van der Waals surface area (Å²) in [6.07, 6.45) is 2.89. The molecule has 0 atom stereocenters. The minimum atomic E-state index is -0.430. The van der Waals surface area contributed by atoms with Gasteiger partial charge in [0.2, 0.25) is 5.82 Å². The summed E-state index contributed by atoms with van der Waals surface area (Å²) in [6, 6.07) is 1.80. The van der Waals surface area contributed by atoms with Gasteiger partial charge in [0.1, 0.15) is 5.69 Å². The van der Waals surface area contributed by atoms with Gasteiger partial charge < -0.3 is 5.32 Å². The van der Waals surface area contributed by atoms with Crippen molar-refractivity contribution in [1.82, 2.24) is 19.6 Å². The first kappa shape index (κ1) is 15.0. The van der Waals surface area contributed by atoms with Crippen molar-refractivity contribution in [1.29, 1.82) is 0 Å². The van der Waals surface area contributed by atoms with Crippen LogP contribution in [0.4, 0.5) is 17.3 Å². The molecule has 0 saturated carbocycles. The SMILES string of the molecule is Cc1nn(C)c(Nc2ccn(CCC(C)C)n2)c1[N+](=O)[O-]. The third kappa shape index (κ3) is 3.39. The van der Waals surface area contributed by atoms with Crippen molar-refractivity contribution in [2.75, 3.05) is 5.32 Å². The fourth-order valence-corrected chi connectivity index (χ4v) is 2.07. The number of aryl methyl sites for hydroxylation is 3. The summed E-state index contributed by atoms with van der Waals surface area (Å²) in [6.45, 7) is 6.76. The average molecular weight is 292 g/mol. The number of anilines is 2. The smallest absolute Gasteiger partial charge is 0.318 e. The second-order valence-corrected chi connectivity index (χ2v) is 5.43. The molecule has 8 nitrogen and oxygen atoms in total. The van der Waals surface area contributed by atoms with Gasteiger partial charge in [-0.05, 0) is 19.3 Å². The summed E-state index contributed by atoms with van der Waals surface area (Å²) in [4.78, 5) is 10.7. The predicted octanol–water partition coefficient (Wildman–Crippen LogP) is 2.62. The molecule has 1 N–H and O–H groups in total. The van der Waals surface area contributed by atoms with Crippen LogP contribution in [0, 0.1) is 23.0 Å². The van der Waals surface area contributed by atoms with Crippen LogP contribution in [-0.4, -0.2) is 24.5 Å². The van der Waals surface area contributed by atoms with Crippen LogP contribution < -0.4 is 5.32 Å². The Labute approximate surface area is 122 Å². The van der Waals surface area contributed by atoms with E-state index in [1.165, 1.54) is 4.68 Å². The summed E-state index contributed by atoms with van der Waals surface area (Å²) in [5.74, 6) is 1.52. The molecule has 0 unspecified atom stereocenters. The number of aromatic nitrogens is 4. The maximum atomic E-state index is 11.1. The van der Waals surface area contributed by atoms with Gasteiger partial charge in [0, 0.05) is 25.9 Å². The molecule has 0 aromatic carbocycles. The quantitative estimate of drug-likeness (QED) is 0.652. The van der Waals surface area contributed by atoms with E-state index in [4.69, 9.17) is 0 Å². The van der Waals surface area contributed by atoms with Crippen LogP contribution >= 0.6 is 0 Å². The van der Waals surface area contributed by atoms with Crippen molar-refractivity contribution in [3.63, 3.8) is 0 Å². The predicted molar refractivity (Wildman–Crippen MR) is 79.6 cm³/mol. The molecule has 2 aromatic heterocycles. The van der Waals surface area contributed by atoms with Gasteiger partial charge in [0.25, 0.3) is 0 Å². The highest BCUT2D eigenvalue weighted by Crippen LogP contribution is 2.29. The van der Waals surface area contributed by atoms with E-state index in [1.807, 2.05) is 10.9 Å². The molecule has 0 aliphatic heterocycles. The number of nitrogens with zero attached hydrogens (tertiary/aromatic N) is 5. The van der Waals surface area contributed by atoms with Crippen LogP contribution in [0.3, 0.4) is 0 Å². The molecule has 8 heteroatoms. The van der Waals surface area contributed by atoms with E-state index in [2.05, 4.69) is 29.4 Å². The highest BCUT2D eigenvalue weighted by atomic mass is 16.6. The Hall–Kier alpha value is -2.38. The van der Waals surface area contributed by atoms with Gasteiger partial charge in [-0.3, -0.25) is 14.8 Å². The largest absolute Gasteiger partial charge is 0.334 e. The van der Waals surface area contributed by atoms with Crippen LogP contribution in [0.15, 0.2) is 12.3 Å². The zero-order chi connectivity index (χ0) is 15.6. The second kappa shape index (κ2) is 5.94. The van der Waals surface area contributed by atoms with E-state index >= 15 is 0 Å². The fourth-order valence-electron chi connectivity index (χ4n) is 2.07. The lowest BCUT2D eigenvalue weighted by Gasteiger charge is -2.05. The summed E-state index contributed by atoms with van der Waals surface area (Å²) in [7, 11) is 1.66. The Balaban J connectivity index is 2.17. The molecule has 0 amide bonds. The first-order valence-corrected chi connectivity index (χ1v) is 6.87. The molecule has 0 aliphatic rings. The summed E-state index contributed by atoms with van der Waals surface area (Å²) in [5, 5.41) is 22.5. The van der Waals surface area contributed by atoms with E-state index < -0.39 is 4.92 Å². The molecule has 0 bridgehead atoms. The molecule has 0 saturated heterocycles. The maximum Gasteiger partial charge on any atom is 0.334 e.